The molecule has 0 saturated heterocycles. The lowest BCUT2D eigenvalue weighted by molar-refractivity contribution is 0.0838. The number of hydrogen-bond acceptors (Lipinski definition) is 7. The van der Waals surface area contributed by atoms with Crippen LogP contribution in [0, 0.1) is 0 Å². The molecular weight excluding hydrogens is 340 g/mol. The maximum absolute atomic E-state index is 12.3. The number of benzene rings is 1. The number of aromatic nitrogens is 2. The van der Waals surface area contributed by atoms with Crippen LogP contribution in [0.2, 0.25) is 0 Å². The van der Waals surface area contributed by atoms with Crippen LogP contribution in [-0.4, -0.2) is 53.8 Å². The van der Waals surface area contributed by atoms with Crippen molar-refractivity contribution in [2.24, 2.45) is 0 Å². The number of nitrogens with zero attached hydrogens (tertiary/aromatic N) is 1. The van der Waals surface area contributed by atoms with E-state index in [4.69, 9.17) is 14.2 Å². The summed E-state index contributed by atoms with van der Waals surface area (Å²) >= 11 is 0. The molecule has 0 fully saturated rings. The van der Waals surface area contributed by atoms with Gasteiger partial charge in [-0.3, -0.25) is 9.89 Å². The maximum Gasteiger partial charge on any atom is 0.272 e. The molecule has 1 amide bonds. The van der Waals surface area contributed by atoms with Crippen LogP contribution >= 0.6 is 0 Å². The highest BCUT2D eigenvalue weighted by Crippen LogP contribution is 2.35. The van der Waals surface area contributed by atoms with E-state index in [-0.39, 0.29) is 25.9 Å². The van der Waals surface area contributed by atoms with Crippen LogP contribution in [0.15, 0.2) is 18.2 Å². The Morgan fingerprint density at radius 3 is 3.19 bits per heavy atom. The Morgan fingerprint density at radius 1 is 1.38 bits per heavy atom. The van der Waals surface area contributed by atoms with Gasteiger partial charge in [0.2, 0.25) is 6.79 Å². The predicted molar refractivity (Wildman–Crippen MR) is 90.4 cm³/mol. The summed E-state index contributed by atoms with van der Waals surface area (Å²) in [6.45, 7) is 1.79. The van der Waals surface area contributed by atoms with Crippen molar-refractivity contribution in [3.63, 3.8) is 0 Å². The fourth-order valence-corrected chi connectivity index (χ4v) is 2.93. The molecule has 0 bridgehead atoms. The Balaban J connectivity index is 1.27. The van der Waals surface area contributed by atoms with Gasteiger partial charge in [-0.2, -0.15) is 5.10 Å². The maximum atomic E-state index is 12.3. The number of fused-ring (bicyclic) bond motifs is 2. The van der Waals surface area contributed by atoms with Gasteiger partial charge in [-0.05, 0) is 12.1 Å². The Kier molecular flexibility index (Phi) is 4.63. The molecule has 2 aliphatic heterocycles. The quantitative estimate of drug-likeness (QED) is 0.571. The van der Waals surface area contributed by atoms with Gasteiger partial charge in [-0.1, -0.05) is 0 Å². The van der Waals surface area contributed by atoms with Gasteiger partial charge in [0, 0.05) is 43.4 Å². The SMILES string of the molecule is O=C(NCC(O)COc1ccc2c(c1)OCO2)c1n[nH]c2c1CNCC2. The number of rotatable bonds is 6. The first kappa shape index (κ1) is 16.7. The van der Waals surface area contributed by atoms with Gasteiger partial charge in [-0.15, -0.1) is 0 Å². The zero-order valence-electron chi connectivity index (χ0n) is 14.1. The normalized spacial score (nSPS) is 16.0. The predicted octanol–water partition coefficient (Wildman–Crippen LogP) is -0.0462. The number of carbonyl (C=O) groups is 1. The summed E-state index contributed by atoms with van der Waals surface area (Å²) in [6.07, 6.45) is -0.0287. The van der Waals surface area contributed by atoms with E-state index in [0.29, 0.717) is 29.5 Å². The van der Waals surface area contributed by atoms with Crippen molar-refractivity contribution in [3.8, 4) is 17.2 Å². The number of ether oxygens (including phenoxy) is 3. The van der Waals surface area contributed by atoms with Crippen molar-refractivity contribution >= 4 is 5.91 Å². The Hall–Kier alpha value is -2.78. The highest BCUT2D eigenvalue weighted by Gasteiger charge is 2.22. The van der Waals surface area contributed by atoms with E-state index in [2.05, 4.69) is 20.8 Å². The molecular formula is C17H20N4O5. The van der Waals surface area contributed by atoms with Gasteiger partial charge in [0.05, 0.1) is 0 Å². The van der Waals surface area contributed by atoms with E-state index in [0.717, 1.165) is 24.2 Å². The van der Waals surface area contributed by atoms with Crippen molar-refractivity contribution in [2.75, 3.05) is 26.5 Å². The zero-order valence-corrected chi connectivity index (χ0v) is 14.1. The van der Waals surface area contributed by atoms with Gasteiger partial charge in [0.1, 0.15) is 18.5 Å². The third-order valence-corrected chi connectivity index (χ3v) is 4.31. The molecule has 0 aliphatic carbocycles. The van der Waals surface area contributed by atoms with Crippen LogP contribution in [0.1, 0.15) is 21.7 Å². The minimum Gasteiger partial charge on any atom is -0.491 e. The summed E-state index contributed by atoms with van der Waals surface area (Å²) in [4.78, 5) is 12.3. The Bertz CT molecular complexity index is 806. The van der Waals surface area contributed by atoms with Crippen LogP contribution in [0.4, 0.5) is 0 Å². The van der Waals surface area contributed by atoms with Crippen molar-refractivity contribution in [3.05, 3.63) is 35.2 Å². The zero-order chi connectivity index (χ0) is 17.9. The molecule has 1 unspecified atom stereocenters. The standard InChI is InChI=1S/C17H20N4O5/c22-10(8-24-11-1-2-14-15(5-11)26-9-25-14)6-19-17(23)16-12-7-18-4-3-13(12)20-21-16/h1-2,5,10,18,22H,3-4,6-9H2,(H,19,23)(H,20,21). The molecule has 9 heteroatoms. The molecule has 0 saturated carbocycles. The number of aliphatic hydroxyl groups excluding tert-OH is 1. The molecule has 138 valence electrons. The smallest absolute Gasteiger partial charge is 0.272 e. The van der Waals surface area contributed by atoms with Crippen LogP contribution < -0.4 is 24.8 Å². The molecule has 2 aliphatic rings. The molecule has 3 heterocycles. The van der Waals surface area contributed by atoms with Crippen LogP contribution in [0.25, 0.3) is 0 Å². The molecule has 4 N–H and O–H groups in total. The number of aliphatic hydroxyl groups is 1. The average Bonchev–Trinajstić information content (AvgIpc) is 3.30. The first-order chi connectivity index (χ1) is 12.7. The summed E-state index contributed by atoms with van der Waals surface area (Å²) in [5.41, 5.74) is 2.25. The molecule has 0 spiro atoms. The number of hydrogen-bond donors (Lipinski definition) is 4. The van der Waals surface area contributed by atoms with Crippen LogP contribution in [0.3, 0.4) is 0 Å². The molecule has 0 radical (unpaired) electrons. The third kappa shape index (κ3) is 3.44. The lowest BCUT2D eigenvalue weighted by Gasteiger charge is -2.15. The second kappa shape index (κ2) is 7.22. The van der Waals surface area contributed by atoms with Gasteiger partial charge in [0.25, 0.3) is 5.91 Å². The number of H-pyrrole nitrogens is 1. The van der Waals surface area contributed by atoms with E-state index >= 15 is 0 Å². The van der Waals surface area contributed by atoms with Crippen molar-refractivity contribution in [1.29, 1.82) is 0 Å². The van der Waals surface area contributed by atoms with Gasteiger partial charge >= 0.3 is 0 Å². The van der Waals surface area contributed by atoms with Crippen molar-refractivity contribution in [2.45, 2.75) is 19.1 Å². The monoisotopic (exact) mass is 360 g/mol. The lowest BCUT2D eigenvalue weighted by atomic mass is 10.1. The number of aromatic amines is 1. The molecule has 1 aromatic carbocycles. The molecule has 1 aromatic heterocycles. The Labute approximate surface area is 149 Å². The van der Waals surface area contributed by atoms with E-state index in [1.165, 1.54) is 0 Å². The molecule has 9 nitrogen and oxygen atoms in total. The summed E-state index contributed by atoms with van der Waals surface area (Å²) in [5.74, 6) is 1.53. The van der Waals surface area contributed by atoms with Gasteiger partial charge in [0.15, 0.2) is 17.2 Å². The fourth-order valence-electron chi connectivity index (χ4n) is 2.93. The topological polar surface area (TPSA) is 118 Å². The minimum absolute atomic E-state index is 0.0418. The van der Waals surface area contributed by atoms with Crippen LogP contribution in [-0.2, 0) is 13.0 Å². The molecule has 2 aromatic rings. The Morgan fingerprint density at radius 2 is 2.27 bits per heavy atom. The molecule has 4 rings (SSSR count). The summed E-state index contributed by atoms with van der Waals surface area (Å²) in [5, 5.41) is 22.9. The fraction of sp³-hybridized carbons (Fsp3) is 0.412. The first-order valence-corrected chi connectivity index (χ1v) is 8.46. The molecule has 26 heavy (non-hydrogen) atoms. The highest BCUT2D eigenvalue weighted by atomic mass is 16.7. The largest absolute Gasteiger partial charge is 0.491 e. The lowest BCUT2D eigenvalue weighted by Crippen LogP contribution is -2.36. The summed E-state index contributed by atoms with van der Waals surface area (Å²) in [7, 11) is 0. The van der Waals surface area contributed by atoms with Gasteiger partial charge < -0.3 is 30.0 Å². The van der Waals surface area contributed by atoms with E-state index in [1.54, 1.807) is 18.2 Å². The van der Waals surface area contributed by atoms with Crippen molar-refractivity contribution < 1.29 is 24.1 Å². The van der Waals surface area contributed by atoms with Crippen molar-refractivity contribution in [1.82, 2.24) is 20.8 Å². The van der Waals surface area contributed by atoms with E-state index in [1.807, 2.05) is 0 Å². The number of carbonyl (C=O) groups excluding carboxylic acids is 1. The minimum atomic E-state index is -0.850. The number of nitrogens with one attached hydrogen (secondary N) is 3. The van der Waals surface area contributed by atoms with E-state index < -0.39 is 6.10 Å². The summed E-state index contributed by atoms with van der Waals surface area (Å²) in [6, 6.07) is 5.19. The average molecular weight is 360 g/mol. The summed E-state index contributed by atoms with van der Waals surface area (Å²) < 4.78 is 16.0. The second-order valence-corrected chi connectivity index (χ2v) is 6.15. The number of amides is 1. The van der Waals surface area contributed by atoms with Gasteiger partial charge in [-0.25, -0.2) is 0 Å². The second-order valence-electron chi connectivity index (χ2n) is 6.15. The van der Waals surface area contributed by atoms with E-state index in [9.17, 15) is 9.90 Å². The third-order valence-electron chi connectivity index (χ3n) is 4.31. The molecule has 1 atom stereocenters. The van der Waals surface area contributed by atoms with Crippen LogP contribution in [0.5, 0.6) is 17.2 Å². The highest BCUT2D eigenvalue weighted by molar-refractivity contribution is 5.94. The first-order valence-electron chi connectivity index (χ1n) is 8.46.